The molecule has 17 heavy (non-hydrogen) atoms. The number of rotatable bonds is 8. The van der Waals surface area contributed by atoms with E-state index >= 15 is 0 Å². The molecule has 0 radical (unpaired) electrons. The Labute approximate surface area is 103 Å². The van der Waals surface area contributed by atoms with Crippen LogP contribution in [0.1, 0.15) is 20.3 Å². The van der Waals surface area contributed by atoms with E-state index in [0.29, 0.717) is 32.8 Å². The van der Waals surface area contributed by atoms with Crippen molar-refractivity contribution in [1.82, 2.24) is 4.90 Å². The Kier molecular flexibility index (Phi) is 5.82. The zero-order valence-electron chi connectivity index (χ0n) is 11.1. The Morgan fingerprint density at radius 2 is 2.00 bits per heavy atom. The molecule has 5 heteroatoms. The van der Waals surface area contributed by atoms with Crippen LogP contribution in [0.25, 0.3) is 0 Å². The number of aliphatic hydroxyl groups is 2. The molecular weight excluding hydrogens is 222 g/mol. The van der Waals surface area contributed by atoms with Crippen LogP contribution in [-0.4, -0.2) is 72.9 Å². The third-order valence-corrected chi connectivity index (χ3v) is 3.14. The third kappa shape index (κ3) is 4.89. The molecule has 5 nitrogen and oxygen atoms in total. The van der Waals surface area contributed by atoms with Crippen LogP contribution >= 0.6 is 0 Å². The van der Waals surface area contributed by atoms with Crippen LogP contribution in [0.3, 0.4) is 0 Å². The number of ether oxygens (including phenoxy) is 2. The van der Waals surface area contributed by atoms with Gasteiger partial charge in [-0.1, -0.05) is 6.92 Å². The second-order valence-corrected chi connectivity index (χ2v) is 5.00. The van der Waals surface area contributed by atoms with Gasteiger partial charge in [-0.05, 0) is 13.3 Å². The van der Waals surface area contributed by atoms with Gasteiger partial charge in [0.1, 0.15) is 0 Å². The lowest BCUT2D eigenvalue weighted by atomic mass is 9.91. The van der Waals surface area contributed by atoms with Crippen molar-refractivity contribution in [1.29, 1.82) is 0 Å². The molecule has 1 aliphatic heterocycles. The first kappa shape index (κ1) is 14.9. The monoisotopic (exact) mass is 247 g/mol. The fourth-order valence-corrected chi connectivity index (χ4v) is 2.05. The summed E-state index contributed by atoms with van der Waals surface area (Å²) < 4.78 is 10.4. The van der Waals surface area contributed by atoms with Crippen molar-refractivity contribution in [2.75, 3.05) is 40.0 Å². The summed E-state index contributed by atoms with van der Waals surface area (Å²) in [5.41, 5.74) is -0.538. The molecule has 102 valence electrons. The Morgan fingerprint density at radius 1 is 1.35 bits per heavy atom. The summed E-state index contributed by atoms with van der Waals surface area (Å²) >= 11 is 0. The van der Waals surface area contributed by atoms with E-state index < -0.39 is 11.7 Å². The summed E-state index contributed by atoms with van der Waals surface area (Å²) in [4.78, 5) is 2.04. The SMILES string of the molecule is CCC1(O)CN(CC(O)COC(C)COC)C1. The maximum Gasteiger partial charge on any atom is 0.0900 e. The number of β-amino-alcohol motifs (C(OH)–C–C–N with tert-alkyl or cyclic N) is 2. The van der Waals surface area contributed by atoms with Crippen molar-refractivity contribution in [3.05, 3.63) is 0 Å². The average molecular weight is 247 g/mol. The van der Waals surface area contributed by atoms with E-state index in [0.717, 1.165) is 6.42 Å². The van der Waals surface area contributed by atoms with E-state index in [1.165, 1.54) is 0 Å². The second-order valence-electron chi connectivity index (χ2n) is 5.00. The number of hydrogen-bond donors (Lipinski definition) is 2. The minimum absolute atomic E-state index is 0.00128. The van der Waals surface area contributed by atoms with E-state index in [1.807, 2.05) is 18.7 Å². The summed E-state index contributed by atoms with van der Waals surface area (Å²) in [6.07, 6.45) is 0.260. The Morgan fingerprint density at radius 3 is 2.53 bits per heavy atom. The predicted molar refractivity (Wildman–Crippen MR) is 65.0 cm³/mol. The molecule has 0 aromatic heterocycles. The summed E-state index contributed by atoms with van der Waals surface area (Å²) in [7, 11) is 1.63. The first-order valence-corrected chi connectivity index (χ1v) is 6.22. The van der Waals surface area contributed by atoms with E-state index in [9.17, 15) is 10.2 Å². The van der Waals surface area contributed by atoms with Gasteiger partial charge in [0.2, 0.25) is 0 Å². The van der Waals surface area contributed by atoms with Crippen molar-refractivity contribution in [3.63, 3.8) is 0 Å². The second kappa shape index (κ2) is 6.66. The molecule has 0 aromatic rings. The van der Waals surface area contributed by atoms with Crippen LogP contribution in [0.4, 0.5) is 0 Å². The first-order chi connectivity index (χ1) is 7.99. The van der Waals surface area contributed by atoms with Crippen LogP contribution < -0.4 is 0 Å². The molecule has 2 atom stereocenters. The number of nitrogens with zero attached hydrogens (tertiary/aromatic N) is 1. The van der Waals surface area contributed by atoms with Gasteiger partial charge in [0.15, 0.2) is 0 Å². The highest BCUT2D eigenvalue weighted by Gasteiger charge is 2.39. The standard InChI is InChI=1S/C12H25NO4/c1-4-12(15)8-13(9-12)5-11(14)7-17-10(2)6-16-3/h10-11,14-15H,4-9H2,1-3H3. The molecular formula is C12H25NO4. The van der Waals surface area contributed by atoms with E-state index in [2.05, 4.69) is 0 Å². The van der Waals surface area contributed by atoms with E-state index in [-0.39, 0.29) is 6.10 Å². The van der Waals surface area contributed by atoms with Gasteiger partial charge in [0.25, 0.3) is 0 Å². The fraction of sp³-hybridized carbons (Fsp3) is 1.00. The molecule has 2 unspecified atom stereocenters. The highest BCUT2D eigenvalue weighted by Crippen LogP contribution is 2.23. The van der Waals surface area contributed by atoms with Crippen molar-refractivity contribution in [2.24, 2.45) is 0 Å². The molecule has 0 aliphatic carbocycles. The molecule has 1 fully saturated rings. The van der Waals surface area contributed by atoms with Gasteiger partial charge in [-0.15, -0.1) is 0 Å². The highest BCUT2D eigenvalue weighted by atomic mass is 16.5. The minimum Gasteiger partial charge on any atom is -0.389 e. The largest absolute Gasteiger partial charge is 0.389 e. The highest BCUT2D eigenvalue weighted by molar-refractivity contribution is 4.94. The molecule has 0 amide bonds. The lowest BCUT2D eigenvalue weighted by Gasteiger charge is -2.46. The number of aliphatic hydroxyl groups excluding tert-OH is 1. The third-order valence-electron chi connectivity index (χ3n) is 3.14. The lowest BCUT2D eigenvalue weighted by Crippen LogP contribution is -2.62. The Hall–Kier alpha value is -0.200. The van der Waals surface area contributed by atoms with Crippen LogP contribution in [0.5, 0.6) is 0 Å². The molecule has 0 bridgehead atoms. The summed E-state index contributed by atoms with van der Waals surface area (Å²) in [6.45, 7) is 6.58. The molecule has 1 heterocycles. The first-order valence-electron chi connectivity index (χ1n) is 6.22. The quantitative estimate of drug-likeness (QED) is 0.625. The molecule has 0 spiro atoms. The molecule has 1 saturated heterocycles. The Bertz CT molecular complexity index is 219. The fourth-order valence-electron chi connectivity index (χ4n) is 2.05. The topological polar surface area (TPSA) is 62.2 Å². The van der Waals surface area contributed by atoms with Crippen molar-refractivity contribution < 1.29 is 19.7 Å². The van der Waals surface area contributed by atoms with Crippen molar-refractivity contribution >= 4 is 0 Å². The van der Waals surface area contributed by atoms with Crippen LogP contribution in [0.15, 0.2) is 0 Å². The molecule has 1 rings (SSSR count). The molecule has 1 aliphatic rings. The molecule has 0 saturated carbocycles. The number of methoxy groups -OCH3 is 1. The van der Waals surface area contributed by atoms with Crippen LogP contribution in [0, 0.1) is 0 Å². The van der Waals surface area contributed by atoms with Gasteiger partial charge in [-0.25, -0.2) is 0 Å². The summed E-state index contributed by atoms with van der Waals surface area (Å²) in [6, 6.07) is 0. The van der Waals surface area contributed by atoms with Gasteiger partial charge in [0.05, 0.1) is 31.0 Å². The predicted octanol–water partition coefficient (Wildman–Crippen LogP) is -0.144. The average Bonchev–Trinajstić information content (AvgIpc) is 2.24. The van der Waals surface area contributed by atoms with Gasteiger partial charge >= 0.3 is 0 Å². The van der Waals surface area contributed by atoms with Crippen LogP contribution in [0.2, 0.25) is 0 Å². The smallest absolute Gasteiger partial charge is 0.0900 e. The zero-order chi connectivity index (χ0) is 12.9. The van der Waals surface area contributed by atoms with Gasteiger partial charge in [0, 0.05) is 26.7 Å². The summed E-state index contributed by atoms with van der Waals surface area (Å²) in [5.74, 6) is 0. The maximum absolute atomic E-state index is 9.82. The minimum atomic E-state index is -0.538. The Balaban J connectivity index is 2.08. The van der Waals surface area contributed by atoms with E-state index in [1.54, 1.807) is 7.11 Å². The number of hydrogen-bond acceptors (Lipinski definition) is 5. The number of likely N-dealkylation sites (tertiary alicyclic amines) is 1. The normalized spacial score (nSPS) is 23.1. The zero-order valence-corrected chi connectivity index (χ0v) is 11.1. The van der Waals surface area contributed by atoms with Crippen LogP contribution in [-0.2, 0) is 9.47 Å². The molecule has 2 N–H and O–H groups in total. The molecule has 0 aromatic carbocycles. The van der Waals surface area contributed by atoms with Gasteiger partial charge in [-0.2, -0.15) is 0 Å². The lowest BCUT2D eigenvalue weighted by molar-refractivity contribution is -0.118. The summed E-state index contributed by atoms with van der Waals surface area (Å²) in [5, 5.41) is 19.6. The van der Waals surface area contributed by atoms with E-state index in [4.69, 9.17) is 9.47 Å². The van der Waals surface area contributed by atoms with Crippen molar-refractivity contribution in [2.45, 2.75) is 38.1 Å². The van der Waals surface area contributed by atoms with Crippen molar-refractivity contribution in [3.8, 4) is 0 Å². The van der Waals surface area contributed by atoms with Gasteiger partial charge < -0.3 is 19.7 Å². The van der Waals surface area contributed by atoms with Gasteiger partial charge in [-0.3, -0.25) is 4.90 Å². The maximum atomic E-state index is 9.82.